The highest BCUT2D eigenvalue weighted by Gasteiger charge is 2.31. The number of likely N-dealkylation sites (tertiary alicyclic amines) is 1. The van der Waals surface area contributed by atoms with Gasteiger partial charge in [0.2, 0.25) is 11.8 Å². The van der Waals surface area contributed by atoms with Crippen molar-refractivity contribution in [1.82, 2.24) is 15.1 Å². The summed E-state index contributed by atoms with van der Waals surface area (Å²) in [5, 5.41) is 2.51. The van der Waals surface area contributed by atoms with Crippen LogP contribution in [0.2, 0.25) is 0 Å². The second kappa shape index (κ2) is 4.73. The van der Waals surface area contributed by atoms with Gasteiger partial charge in [0, 0.05) is 26.6 Å². The highest BCUT2D eigenvalue weighted by atomic mass is 16.2. The fourth-order valence-electron chi connectivity index (χ4n) is 2.33. The monoisotopic (exact) mass is 239 g/mol. The Balaban J connectivity index is 1.84. The maximum absolute atomic E-state index is 11.4. The summed E-state index contributed by atoms with van der Waals surface area (Å²) >= 11 is 0. The molecule has 0 aromatic rings. The molecule has 0 aromatic heterocycles. The molecule has 0 saturated carbocycles. The number of piperidine rings is 1. The van der Waals surface area contributed by atoms with Gasteiger partial charge in [-0.15, -0.1) is 0 Å². The summed E-state index contributed by atoms with van der Waals surface area (Å²) in [6.07, 6.45) is 1.72. The SMILES string of the molecule is CC(=O)N1CCC(CN2C(=O)CNC2=O)CC1. The van der Waals surface area contributed by atoms with Crippen molar-refractivity contribution < 1.29 is 14.4 Å². The maximum atomic E-state index is 11.4. The molecule has 6 nitrogen and oxygen atoms in total. The third kappa shape index (κ3) is 2.57. The van der Waals surface area contributed by atoms with Gasteiger partial charge in [0.05, 0.1) is 6.54 Å². The summed E-state index contributed by atoms with van der Waals surface area (Å²) in [4.78, 5) is 37.0. The third-order valence-corrected chi connectivity index (χ3v) is 3.44. The van der Waals surface area contributed by atoms with Crippen LogP contribution in [0.5, 0.6) is 0 Å². The van der Waals surface area contributed by atoms with E-state index in [2.05, 4.69) is 5.32 Å². The van der Waals surface area contributed by atoms with Crippen molar-refractivity contribution in [2.24, 2.45) is 5.92 Å². The highest BCUT2D eigenvalue weighted by molar-refractivity contribution is 6.01. The van der Waals surface area contributed by atoms with Crippen LogP contribution in [0.1, 0.15) is 19.8 Å². The van der Waals surface area contributed by atoms with E-state index in [-0.39, 0.29) is 24.4 Å². The van der Waals surface area contributed by atoms with Crippen LogP contribution in [0.3, 0.4) is 0 Å². The molecule has 0 bridgehead atoms. The molecule has 0 aliphatic carbocycles. The van der Waals surface area contributed by atoms with E-state index in [0.29, 0.717) is 12.5 Å². The molecule has 1 N–H and O–H groups in total. The Hall–Kier alpha value is -1.59. The fraction of sp³-hybridized carbons (Fsp3) is 0.727. The van der Waals surface area contributed by atoms with E-state index < -0.39 is 0 Å². The first-order valence-electron chi connectivity index (χ1n) is 5.91. The Kier molecular flexibility index (Phi) is 3.31. The van der Waals surface area contributed by atoms with Gasteiger partial charge >= 0.3 is 6.03 Å². The van der Waals surface area contributed by atoms with Crippen molar-refractivity contribution in [2.75, 3.05) is 26.2 Å². The number of hydrogen-bond acceptors (Lipinski definition) is 3. The molecule has 94 valence electrons. The molecule has 2 aliphatic heterocycles. The average molecular weight is 239 g/mol. The summed E-state index contributed by atoms with van der Waals surface area (Å²) in [5.41, 5.74) is 0. The molecule has 2 heterocycles. The van der Waals surface area contributed by atoms with Crippen molar-refractivity contribution in [3.8, 4) is 0 Å². The van der Waals surface area contributed by atoms with Gasteiger partial charge < -0.3 is 10.2 Å². The van der Waals surface area contributed by atoms with Gasteiger partial charge in [-0.2, -0.15) is 0 Å². The predicted molar refractivity (Wildman–Crippen MR) is 60.1 cm³/mol. The average Bonchev–Trinajstić information content (AvgIpc) is 2.61. The molecule has 2 fully saturated rings. The van der Waals surface area contributed by atoms with Crippen LogP contribution >= 0.6 is 0 Å². The minimum absolute atomic E-state index is 0.0958. The van der Waals surface area contributed by atoms with E-state index in [1.54, 1.807) is 6.92 Å². The maximum Gasteiger partial charge on any atom is 0.324 e. The van der Waals surface area contributed by atoms with Crippen molar-refractivity contribution in [2.45, 2.75) is 19.8 Å². The molecule has 0 spiro atoms. The van der Waals surface area contributed by atoms with Crippen molar-refractivity contribution in [3.63, 3.8) is 0 Å². The molecular weight excluding hydrogens is 222 g/mol. The largest absolute Gasteiger partial charge is 0.343 e. The normalized spacial score (nSPS) is 21.9. The lowest BCUT2D eigenvalue weighted by molar-refractivity contribution is -0.131. The van der Waals surface area contributed by atoms with Crippen LogP contribution in [-0.4, -0.2) is 53.8 Å². The minimum atomic E-state index is -0.288. The van der Waals surface area contributed by atoms with Gasteiger partial charge in [0.25, 0.3) is 0 Å². The summed E-state index contributed by atoms with van der Waals surface area (Å²) in [5.74, 6) is 0.265. The lowest BCUT2D eigenvalue weighted by Gasteiger charge is -2.32. The van der Waals surface area contributed by atoms with Gasteiger partial charge in [-0.05, 0) is 18.8 Å². The van der Waals surface area contributed by atoms with E-state index >= 15 is 0 Å². The Labute approximate surface area is 99.9 Å². The van der Waals surface area contributed by atoms with E-state index in [0.717, 1.165) is 25.9 Å². The van der Waals surface area contributed by atoms with Gasteiger partial charge in [0.1, 0.15) is 0 Å². The van der Waals surface area contributed by atoms with Gasteiger partial charge in [-0.3, -0.25) is 14.5 Å². The smallest absolute Gasteiger partial charge is 0.324 e. The number of carbonyl (C=O) groups excluding carboxylic acids is 3. The summed E-state index contributed by atoms with van der Waals surface area (Å²) in [6, 6.07) is -0.288. The van der Waals surface area contributed by atoms with Gasteiger partial charge in [0.15, 0.2) is 0 Å². The number of nitrogens with one attached hydrogen (secondary N) is 1. The highest BCUT2D eigenvalue weighted by Crippen LogP contribution is 2.19. The molecule has 2 rings (SSSR count). The fourth-order valence-corrected chi connectivity index (χ4v) is 2.33. The second-order valence-electron chi connectivity index (χ2n) is 4.61. The zero-order valence-corrected chi connectivity index (χ0v) is 9.94. The van der Waals surface area contributed by atoms with E-state index in [4.69, 9.17) is 0 Å². The number of hydrogen-bond donors (Lipinski definition) is 1. The van der Waals surface area contributed by atoms with E-state index in [1.165, 1.54) is 4.90 Å². The molecule has 0 radical (unpaired) electrons. The number of rotatable bonds is 2. The zero-order valence-electron chi connectivity index (χ0n) is 9.94. The zero-order chi connectivity index (χ0) is 12.4. The first-order chi connectivity index (χ1) is 8.08. The lowest BCUT2D eigenvalue weighted by atomic mass is 9.96. The first kappa shape index (κ1) is 11.9. The lowest BCUT2D eigenvalue weighted by Crippen LogP contribution is -2.42. The Bertz CT molecular complexity index is 332. The number of carbonyl (C=O) groups is 3. The van der Waals surface area contributed by atoms with Crippen LogP contribution in [0.4, 0.5) is 4.79 Å². The Morgan fingerprint density at radius 1 is 1.35 bits per heavy atom. The Morgan fingerprint density at radius 3 is 2.47 bits per heavy atom. The summed E-state index contributed by atoms with van der Waals surface area (Å²) in [6.45, 7) is 3.62. The van der Waals surface area contributed by atoms with E-state index in [1.807, 2.05) is 4.90 Å². The van der Waals surface area contributed by atoms with Gasteiger partial charge in [-0.1, -0.05) is 0 Å². The first-order valence-corrected chi connectivity index (χ1v) is 5.91. The number of nitrogens with zero attached hydrogens (tertiary/aromatic N) is 2. The molecular formula is C11H17N3O3. The number of amides is 4. The molecule has 2 aliphatic rings. The number of imide groups is 1. The second-order valence-corrected chi connectivity index (χ2v) is 4.61. The van der Waals surface area contributed by atoms with Crippen LogP contribution in [-0.2, 0) is 9.59 Å². The Morgan fingerprint density at radius 2 is 2.00 bits per heavy atom. The molecule has 17 heavy (non-hydrogen) atoms. The quantitative estimate of drug-likeness (QED) is 0.678. The topological polar surface area (TPSA) is 69.7 Å². The third-order valence-electron chi connectivity index (χ3n) is 3.44. The molecule has 6 heteroatoms. The molecule has 4 amide bonds. The van der Waals surface area contributed by atoms with Crippen molar-refractivity contribution >= 4 is 17.8 Å². The number of urea groups is 1. The summed E-state index contributed by atoms with van der Waals surface area (Å²) in [7, 11) is 0. The standard InChI is InChI=1S/C11H17N3O3/c1-8(15)13-4-2-9(3-5-13)7-14-10(16)6-12-11(14)17/h9H,2-7H2,1H3,(H,12,17). The van der Waals surface area contributed by atoms with Gasteiger partial charge in [-0.25, -0.2) is 4.79 Å². The van der Waals surface area contributed by atoms with Crippen LogP contribution < -0.4 is 5.32 Å². The van der Waals surface area contributed by atoms with Crippen molar-refractivity contribution in [1.29, 1.82) is 0 Å². The molecule has 0 aromatic carbocycles. The molecule has 2 saturated heterocycles. The van der Waals surface area contributed by atoms with Crippen LogP contribution in [0.15, 0.2) is 0 Å². The summed E-state index contributed by atoms with van der Waals surface area (Å²) < 4.78 is 0. The van der Waals surface area contributed by atoms with Crippen LogP contribution in [0, 0.1) is 5.92 Å². The molecule has 0 unspecified atom stereocenters. The van der Waals surface area contributed by atoms with Crippen LogP contribution in [0.25, 0.3) is 0 Å². The molecule has 0 atom stereocenters. The predicted octanol–water partition coefficient (Wildman–Crippen LogP) is -0.203. The van der Waals surface area contributed by atoms with E-state index in [9.17, 15) is 14.4 Å². The van der Waals surface area contributed by atoms with Crippen molar-refractivity contribution in [3.05, 3.63) is 0 Å². The minimum Gasteiger partial charge on any atom is -0.343 e.